The molecule has 0 saturated heterocycles. The highest BCUT2D eigenvalue weighted by atomic mass is 32.1. The predicted molar refractivity (Wildman–Crippen MR) is 173 cm³/mol. The van der Waals surface area contributed by atoms with Crippen LogP contribution in [0.4, 0.5) is 0 Å². The number of hydrogen-bond acceptors (Lipinski definition) is 2. The van der Waals surface area contributed by atoms with E-state index in [0.29, 0.717) is 0 Å². The van der Waals surface area contributed by atoms with Gasteiger partial charge in [0, 0.05) is 7.26 Å². The van der Waals surface area contributed by atoms with Crippen molar-refractivity contribution in [2.24, 2.45) is 0 Å². The van der Waals surface area contributed by atoms with Crippen LogP contribution in [0.25, 0.3) is 0 Å². The quantitative estimate of drug-likeness (QED) is 0.0425. The van der Waals surface area contributed by atoms with Crippen molar-refractivity contribution in [3.8, 4) is 5.40 Å². The van der Waals surface area contributed by atoms with E-state index in [1.54, 1.807) is 50.3 Å². The summed E-state index contributed by atoms with van der Waals surface area (Å²) in [6.45, 7) is 9.41. The van der Waals surface area contributed by atoms with Gasteiger partial charge in [0.15, 0.2) is 0 Å². The first-order valence-electron chi connectivity index (χ1n) is 16.5. The van der Waals surface area contributed by atoms with E-state index >= 15 is 0 Å². The van der Waals surface area contributed by atoms with Gasteiger partial charge in [-0.25, -0.2) is 5.26 Å². The molecule has 1 nitrogen and oxygen atoms in total. The average molecular weight is 542 g/mol. The largest absolute Gasteiger partial charge is 0.696 e. The van der Waals surface area contributed by atoms with Crippen LogP contribution < -0.4 is 0 Å². The number of nitrogens with zero attached hydrogens (tertiary/aromatic N) is 1. The molecule has 0 aromatic carbocycles. The normalized spacial score (nSPS) is 11.2. The maximum Gasteiger partial charge on any atom is 0.0594 e. The minimum absolute atomic E-state index is 0.697. The summed E-state index contributed by atoms with van der Waals surface area (Å²) in [6.07, 6.45) is 42.1. The molecule has 0 aromatic heterocycles. The van der Waals surface area contributed by atoms with Crippen LogP contribution in [0.3, 0.4) is 0 Å². The Morgan fingerprint density at radius 3 is 0.778 bits per heavy atom. The first-order valence-corrected chi connectivity index (χ1v) is 19.5. The summed E-state index contributed by atoms with van der Waals surface area (Å²) in [5, 5.41) is 8.47. The second-order valence-corrected chi connectivity index (χ2v) is 16.1. The average Bonchev–Trinajstić information content (AvgIpc) is 2.88. The Morgan fingerprint density at radius 1 is 0.389 bits per heavy atom. The van der Waals surface area contributed by atoms with Crippen LogP contribution in [-0.2, 0) is 12.6 Å². The molecule has 0 fully saturated rings. The molecule has 0 bridgehead atoms. The Hall–Kier alpha value is 0.140. The standard InChI is InChI=1S/C32H68P.CHNS/c1-5-9-13-17-18-19-20-21-22-23-24-28-32-33(29-25-14-10-6-2,30-26-15-11-7-3)31-27-16-12-8-4;2-1-3/h5-32H2,1-4H3;3H/q+1;/p-1. The van der Waals surface area contributed by atoms with Crippen molar-refractivity contribution in [2.75, 3.05) is 24.6 Å². The molecule has 0 unspecified atom stereocenters. The second kappa shape index (κ2) is 33.2. The van der Waals surface area contributed by atoms with Crippen molar-refractivity contribution < 1.29 is 0 Å². The summed E-state index contributed by atoms with van der Waals surface area (Å²) < 4.78 is 0. The van der Waals surface area contributed by atoms with Gasteiger partial charge in [-0.05, 0) is 51.4 Å². The van der Waals surface area contributed by atoms with Gasteiger partial charge in [0.05, 0.1) is 24.6 Å². The van der Waals surface area contributed by atoms with Crippen molar-refractivity contribution in [1.29, 1.82) is 5.26 Å². The van der Waals surface area contributed by atoms with E-state index in [1.165, 1.54) is 134 Å². The van der Waals surface area contributed by atoms with Gasteiger partial charge >= 0.3 is 0 Å². The molecule has 0 spiro atoms. The minimum Gasteiger partial charge on any atom is -0.696 e. The van der Waals surface area contributed by atoms with Gasteiger partial charge in [-0.3, -0.25) is 0 Å². The Bertz CT molecular complexity index is 403. The van der Waals surface area contributed by atoms with Gasteiger partial charge in [-0.15, -0.1) is 0 Å². The van der Waals surface area contributed by atoms with E-state index in [2.05, 4.69) is 40.3 Å². The van der Waals surface area contributed by atoms with E-state index in [9.17, 15) is 0 Å². The lowest BCUT2D eigenvalue weighted by atomic mass is 10.1. The summed E-state index contributed by atoms with van der Waals surface area (Å²) in [4.78, 5) is 0. The van der Waals surface area contributed by atoms with Crippen LogP contribution in [0, 0.1) is 10.7 Å². The second-order valence-electron chi connectivity index (χ2n) is 11.4. The lowest BCUT2D eigenvalue weighted by Gasteiger charge is -2.28. The molecule has 0 aliphatic heterocycles. The van der Waals surface area contributed by atoms with Crippen LogP contribution in [0.5, 0.6) is 0 Å². The third-order valence-electron chi connectivity index (χ3n) is 7.94. The molecule has 0 radical (unpaired) electrons. The van der Waals surface area contributed by atoms with Crippen LogP contribution in [0.2, 0.25) is 0 Å². The first kappa shape index (κ1) is 38.3. The molecule has 0 aromatic rings. The summed E-state index contributed by atoms with van der Waals surface area (Å²) in [5.41, 5.74) is 0. The highest BCUT2D eigenvalue weighted by Gasteiger charge is 2.34. The number of unbranched alkanes of at least 4 members (excludes halogenated alkanes) is 20. The molecule has 0 saturated carbocycles. The zero-order valence-electron chi connectivity index (χ0n) is 25.6. The fraction of sp³-hybridized carbons (Fsp3) is 0.970. The number of hydrogen-bond donors (Lipinski definition) is 0. The molecule has 0 atom stereocenters. The van der Waals surface area contributed by atoms with Crippen molar-refractivity contribution in [1.82, 2.24) is 0 Å². The zero-order valence-corrected chi connectivity index (χ0v) is 27.3. The lowest BCUT2D eigenvalue weighted by Crippen LogP contribution is -2.13. The van der Waals surface area contributed by atoms with Crippen molar-refractivity contribution in [3.05, 3.63) is 0 Å². The Balaban J connectivity index is 0. The minimum atomic E-state index is -0.697. The molecular weight excluding hydrogens is 473 g/mol. The van der Waals surface area contributed by atoms with E-state index in [4.69, 9.17) is 5.26 Å². The topological polar surface area (TPSA) is 23.8 Å². The molecule has 0 heterocycles. The lowest BCUT2D eigenvalue weighted by molar-refractivity contribution is 0.548. The smallest absolute Gasteiger partial charge is 0.0594 e. The first-order chi connectivity index (χ1) is 17.7. The van der Waals surface area contributed by atoms with Crippen molar-refractivity contribution in [2.45, 2.75) is 182 Å². The molecule has 36 heavy (non-hydrogen) atoms. The fourth-order valence-electron chi connectivity index (χ4n) is 5.58. The highest BCUT2D eigenvalue weighted by Crippen LogP contribution is 2.61. The summed E-state index contributed by atoms with van der Waals surface area (Å²) in [7, 11) is -0.697. The maximum atomic E-state index is 7.13. The number of rotatable bonds is 28. The molecule has 0 aliphatic rings. The summed E-state index contributed by atoms with van der Waals surface area (Å²) >= 11 is 3.70. The SMILES string of the molecule is CCCCCCCCCCCCCC[P+](CCCCCC)(CCCCCC)CCCCCC.N#C[S-]. The molecule has 0 rings (SSSR count). The Labute approximate surface area is 236 Å². The predicted octanol–water partition coefficient (Wildman–Crippen LogP) is 12.5. The van der Waals surface area contributed by atoms with Gasteiger partial charge in [0.1, 0.15) is 0 Å². The van der Waals surface area contributed by atoms with Crippen LogP contribution >= 0.6 is 7.26 Å². The molecule has 0 N–H and O–H groups in total. The zero-order chi connectivity index (χ0) is 27.0. The molecule has 0 amide bonds. The van der Waals surface area contributed by atoms with E-state index in [0.717, 1.165) is 0 Å². The van der Waals surface area contributed by atoms with Gasteiger partial charge < -0.3 is 12.6 Å². The highest BCUT2D eigenvalue weighted by molar-refractivity contribution is 7.75. The van der Waals surface area contributed by atoms with E-state index in [1.807, 2.05) is 0 Å². The maximum absolute atomic E-state index is 7.13. The van der Waals surface area contributed by atoms with Crippen LogP contribution in [0.15, 0.2) is 0 Å². The van der Waals surface area contributed by atoms with Crippen molar-refractivity contribution in [3.63, 3.8) is 0 Å². The van der Waals surface area contributed by atoms with E-state index < -0.39 is 7.26 Å². The Kier molecular flexibility index (Phi) is 35.3. The fourth-order valence-corrected chi connectivity index (χ4v) is 10.5. The summed E-state index contributed by atoms with van der Waals surface area (Å²) in [5.74, 6) is 0. The molecular formula is C33H68NPS. The number of thiocyanates is 1. The monoisotopic (exact) mass is 541 g/mol. The Morgan fingerprint density at radius 2 is 0.556 bits per heavy atom. The van der Waals surface area contributed by atoms with Gasteiger partial charge in [-0.2, -0.15) is 0 Å². The van der Waals surface area contributed by atoms with Crippen molar-refractivity contribution >= 4 is 19.9 Å². The van der Waals surface area contributed by atoms with Crippen LogP contribution in [-0.4, -0.2) is 24.6 Å². The van der Waals surface area contributed by atoms with Crippen LogP contribution in [0.1, 0.15) is 182 Å². The number of nitriles is 1. The third kappa shape index (κ3) is 28.7. The van der Waals surface area contributed by atoms with Gasteiger partial charge in [0.2, 0.25) is 0 Å². The molecule has 216 valence electrons. The molecule has 0 aliphatic carbocycles. The summed E-state index contributed by atoms with van der Waals surface area (Å²) in [6, 6.07) is 0. The molecule has 3 heteroatoms. The van der Waals surface area contributed by atoms with E-state index in [-0.39, 0.29) is 0 Å². The van der Waals surface area contributed by atoms with Gasteiger partial charge in [0.25, 0.3) is 0 Å². The van der Waals surface area contributed by atoms with Gasteiger partial charge in [-0.1, -0.05) is 136 Å². The third-order valence-corrected chi connectivity index (χ3v) is 13.0.